The maximum Gasteiger partial charge on any atom is 0.326 e. The van der Waals surface area contributed by atoms with Gasteiger partial charge in [-0.05, 0) is 122 Å². The second-order valence-corrected chi connectivity index (χ2v) is 22.0. The van der Waals surface area contributed by atoms with Gasteiger partial charge in [0.1, 0.15) is 48.3 Å². The summed E-state index contributed by atoms with van der Waals surface area (Å²) in [6.45, 7) is 3.91. The van der Waals surface area contributed by atoms with Crippen LogP contribution in [0.3, 0.4) is 0 Å². The van der Waals surface area contributed by atoms with Crippen molar-refractivity contribution in [1.82, 2.24) is 42.5 Å². The molecule has 0 aliphatic heterocycles. The topological polar surface area (TPSA) is 752 Å². The number of hydrogen-bond donors (Lipinski definition) is 24. The fourth-order valence-electron chi connectivity index (χ4n) is 8.71. The van der Waals surface area contributed by atoms with Gasteiger partial charge in [0.25, 0.3) is 0 Å². The largest absolute Gasteiger partial charge is 0.480 e. The highest BCUT2D eigenvalue weighted by Gasteiger charge is 2.35. The molecular formula is C53H105N29O11. The number of carbonyl (C=O) groups excluding carboxylic acids is 9. The van der Waals surface area contributed by atoms with Crippen molar-refractivity contribution in [3.8, 4) is 0 Å². The Labute approximate surface area is 540 Å². The summed E-state index contributed by atoms with van der Waals surface area (Å²) in [4.78, 5) is 162. The summed E-state index contributed by atoms with van der Waals surface area (Å²) in [6.07, 6.45) is 0.0203. The van der Waals surface area contributed by atoms with Crippen LogP contribution in [0.15, 0.2) is 30.0 Å². The summed E-state index contributed by atoms with van der Waals surface area (Å²) in [6, 6.07) is -12.7. The number of nitrogens with two attached hydrogens (primary N) is 15. The molecular weight excluding hydrogens is 1220 g/mol. The number of guanidine groups is 6. The number of carbonyl (C=O) groups is 10. The van der Waals surface area contributed by atoms with Gasteiger partial charge in [-0.1, -0.05) is 13.8 Å². The smallest absolute Gasteiger partial charge is 0.326 e. The van der Waals surface area contributed by atoms with E-state index in [4.69, 9.17) is 86.0 Å². The van der Waals surface area contributed by atoms with Crippen molar-refractivity contribution in [3.63, 3.8) is 0 Å². The van der Waals surface area contributed by atoms with Gasteiger partial charge in [0.2, 0.25) is 53.2 Å². The molecule has 0 aromatic heterocycles. The Kier molecular flexibility index (Phi) is 42.2. The minimum atomic E-state index is -1.69. The van der Waals surface area contributed by atoms with Crippen LogP contribution in [0.4, 0.5) is 0 Å². The summed E-state index contributed by atoms with van der Waals surface area (Å²) in [5.41, 5.74) is 83.2. The fraction of sp³-hybridized carbons (Fsp3) is 0.698. The van der Waals surface area contributed by atoms with E-state index in [9.17, 15) is 53.1 Å². The lowest BCUT2D eigenvalue weighted by Crippen LogP contribution is -2.60. The van der Waals surface area contributed by atoms with Crippen molar-refractivity contribution >= 4 is 94.9 Å². The Morgan fingerprint density at radius 1 is 0.323 bits per heavy atom. The van der Waals surface area contributed by atoms with E-state index in [1.807, 2.05) is 0 Å². The van der Waals surface area contributed by atoms with Crippen molar-refractivity contribution in [2.24, 2.45) is 122 Å². The molecule has 0 spiro atoms. The first-order chi connectivity index (χ1) is 43.8. The van der Waals surface area contributed by atoms with E-state index in [2.05, 4.69) is 72.5 Å². The molecule has 0 saturated heterocycles. The Balaban J connectivity index is 7.42. The zero-order chi connectivity index (χ0) is 70.6. The molecule has 0 aromatic rings. The lowest BCUT2D eigenvalue weighted by atomic mass is 10.0. The summed E-state index contributed by atoms with van der Waals surface area (Å²) in [7, 11) is 0. The molecule has 0 rings (SSSR count). The predicted molar refractivity (Wildman–Crippen MR) is 351 cm³/mol. The summed E-state index contributed by atoms with van der Waals surface area (Å²) in [5.74, 6) is -11.2. The highest BCUT2D eigenvalue weighted by Crippen LogP contribution is 2.13. The minimum absolute atomic E-state index is 0.0191. The van der Waals surface area contributed by atoms with Crippen LogP contribution < -0.4 is 129 Å². The average molecular weight is 1320 g/mol. The van der Waals surface area contributed by atoms with Gasteiger partial charge in [-0.3, -0.25) is 73.1 Å². The van der Waals surface area contributed by atoms with Gasteiger partial charge in [-0.2, -0.15) is 0 Å². The summed E-state index contributed by atoms with van der Waals surface area (Å²) in [5, 5.41) is 30.7. The molecule has 0 fully saturated rings. The van der Waals surface area contributed by atoms with E-state index in [0.29, 0.717) is 19.3 Å². The number of nitrogens with zero attached hydrogens (tertiary/aromatic N) is 6. The first-order valence-corrected chi connectivity index (χ1v) is 30.5. The first-order valence-electron chi connectivity index (χ1n) is 30.5. The van der Waals surface area contributed by atoms with Crippen LogP contribution in [0, 0.1) is 5.92 Å². The quantitative estimate of drug-likeness (QED) is 0.0153. The maximum absolute atomic E-state index is 14.6. The zero-order valence-corrected chi connectivity index (χ0v) is 53.3. The Morgan fingerprint density at radius 3 is 0.828 bits per heavy atom. The van der Waals surface area contributed by atoms with E-state index in [0.717, 1.165) is 0 Å². The van der Waals surface area contributed by atoms with Gasteiger partial charge in [0.05, 0.1) is 6.04 Å². The van der Waals surface area contributed by atoms with E-state index in [-0.39, 0.29) is 171 Å². The van der Waals surface area contributed by atoms with Crippen LogP contribution in [-0.4, -0.2) is 200 Å². The van der Waals surface area contributed by atoms with E-state index in [1.165, 1.54) is 0 Å². The molecule has 0 unspecified atom stereocenters. The third-order valence-corrected chi connectivity index (χ3v) is 13.4. The lowest BCUT2D eigenvalue weighted by Gasteiger charge is -2.28. The van der Waals surface area contributed by atoms with Crippen molar-refractivity contribution in [2.75, 3.05) is 45.8 Å². The number of primary amides is 1. The highest BCUT2D eigenvalue weighted by molar-refractivity contribution is 5.98. The Morgan fingerprint density at radius 2 is 0.559 bits per heavy atom. The molecule has 528 valence electrons. The molecule has 39 N–H and O–H groups in total. The Bertz CT molecular complexity index is 2560. The van der Waals surface area contributed by atoms with Crippen molar-refractivity contribution < 1.29 is 53.1 Å². The molecule has 40 nitrogen and oxygen atoms in total. The number of unbranched alkanes of at least 4 members (excludes halogenated alkanes) is 1. The average Bonchev–Trinajstić information content (AvgIpc) is 2.13. The van der Waals surface area contributed by atoms with E-state index < -0.39 is 126 Å². The third-order valence-electron chi connectivity index (χ3n) is 13.4. The van der Waals surface area contributed by atoms with Crippen LogP contribution in [0.1, 0.15) is 129 Å². The van der Waals surface area contributed by atoms with Crippen LogP contribution in [0.2, 0.25) is 0 Å². The number of aliphatic imine (C=N–C) groups is 6. The van der Waals surface area contributed by atoms with Crippen LogP contribution in [0.5, 0.6) is 0 Å². The maximum atomic E-state index is 14.6. The number of aliphatic carboxylic acids is 1. The molecule has 9 amide bonds. The number of amides is 9. The molecule has 0 aromatic carbocycles. The standard InChI is InChI=1S/C53H105N29O11/c1-28(2)27-37(82-44(89)30(12-3-4-20-54)75-39(84)29(55)11-5-21-69-48(57)58)46(91)79-33(15-8-24-72-51(63)64)41(86)76-32(14-7-23-71-50(61)62)42(87)80-35(18-19-38(56)83)45(90)78-31(13-6-22-70-49(59)60)40(85)77-34(16-9-25-73-52(65)66)43(88)81-36(47(92)93)17-10-26-74-53(67)68/h28-37H,3-27,54-55H2,1-2H3,(H2,56,83)(H,75,84)(H,76,86)(H,77,85)(H,78,90)(H,79,91)(H,80,87)(H,81,88)(H,82,89)(H,92,93)(H4,57,58,69)(H4,59,60,70)(H4,61,62,71)(H4,63,64,72)(H4,65,66,73)(H4,67,68,74)/t29-,30+,31+,32-,33+,34+,35+,36-,37-/m1/s1. The van der Waals surface area contributed by atoms with Crippen LogP contribution in [-0.2, 0) is 47.9 Å². The zero-order valence-electron chi connectivity index (χ0n) is 53.3. The third kappa shape index (κ3) is 40.6. The second-order valence-electron chi connectivity index (χ2n) is 22.0. The molecule has 0 heterocycles. The SMILES string of the molecule is CC(C)C[C@@H](NC(=O)[C@H](CCCCN)NC(=O)[C@H](N)CCCN=C(N)N)C(=O)N[C@@H](CCCN=C(N)N)C(=O)N[C@H](CCCN=C(N)N)C(=O)N[C@@H](CCC(N)=O)C(=O)N[C@@H](CCCN=C(N)N)C(=O)N[C@@H](CCCN=C(N)N)C(=O)N[C@H](CCCN=C(N)N)C(=O)O. The molecule has 0 aliphatic carbocycles. The molecule has 0 bridgehead atoms. The molecule has 0 radical (unpaired) electrons. The Hall–Kier alpha value is -9.76. The molecule has 9 atom stereocenters. The van der Waals surface area contributed by atoms with Crippen molar-refractivity contribution in [1.29, 1.82) is 0 Å². The summed E-state index contributed by atoms with van der Waals surface area (Å²) < 4.78 is 0. The first kappa shape index (κ1) is 83.2. The van der Waals surface area contributed by atoms with Crippen LogP contribution >= 0.6 is 0 Å². The number of nitrogens with one attached hydrogen (secondary N) is 8. The number of rotatable bonds is 50. The minimum Gasteiger partial charge on any atom is -0.480 e. The van der Waals surface area contributed by atoms with Crippen molar-refractivity contribution in [2.45, 2.75) is 184 Å². The van der Waals surface area contributed by atoms with Gasteiger partial charge >= 0.3 is 5.97 Å². The number of carboxylic acid groups (broad SMARTS) is 1. The van der Waals surface area contributed by atoms with Gasteiger partial charge in [0.15, 0.2) is 35.8 Å². The highest BCUT2D eigenvalue weighted by atomic mass is 16.4. The molecule has 0 saturated carbocycles. The summed E-state index contributed by atoms with van der Waals surface area (Å²) >= 11 is 0. The van der Waals surface area contributed by atoms with Gasteiger partial charge < -0.3 is 134 Å². The number of carboxylic acids is 1. The van der Waals surface area contributed by atoms with Crippen molar-refractivity contribution in [3.05, 3.63) is 0 Å². The van der Waals surface area contributed by atoms with Gasteiger partial charge in [-0.25, -0.2) is 4.79 Å². The second kappa shape index (κ2) is 47.2. The van der Waals surface area contributed by atoms with Gasteiger partial charge in [-0.15, -0.1) is 0 Å². The normalized spacial score (nSPS) is 13.7. The lowest BCUT2D eigenvalue weighted by molar-refractivity contribution is -0.142. The van der Waals surface area contributed by atoms with E-state index >= 15 is 0 Å². The fourth-order valence-corrected chi connectivity index (χ4v) is 8.71. The van der Waals surface area contributed by atoms with E-state index in [1.54, 1.807) is 13.8 Å². The monoisotopic (exact) mass is 1320 g/mol. The molecule has 40 heteroatoms. The van der Waals surface area contributed by atoms with Gasteiger partial charge in [0, 0.05) is 45.7 Å². The molecule has 0 aliphatic rings. The molecule has 93 heavy (non-hydrogen) atoms. The number of hydrogen-bond acceptors (Lipinski definition) is 18. The van der Waals surface area contributed by atoms with Crippen LogP contribution in [0.25, 0.3) is 0 Å². The predicted octanol–water partition coefficient (Wildman–Crippen LogP) is -9.96.